The molecule has 0 spiro atoms. The second-order valence-corrected chi connectivity index (χ2v) is 7.76. The normalized spacial score (nSPS) is 17.1. The number of amides is 2. The summed E-state index contributed by atoms with van der Waals surface area (Å²) in [7, 11) is 0. The SMILES string of the molecule is CCN1C(=O)CC(c2ccc(C(F)(F)F)cc2)C(C(=O)Nc2cc3cn[nH]c3cc2F)=C1C. The monoisotopic (exact) mass is 460 g/mol. The fourth-order valence-electron chi connectivity index (χ4n) is 4.15. The van der Waals surface area contributed by atoms with Crippen molar-refractivity contribution >= 4 is 28.4 Å². The van der Waals surface area contributed by atoms with E-state index in [9.17, 15) is 27.2 Å². The number of hydrogen-bond donors (Lipinski definition) is 2. The molecule has 2 N–H and O–H groups in total. The van der Waals surface area contributed by atoms with Crippen LogP contribution in [0, 0.1) is 5.82 Å². The lowest BCUT2D eigenvalue weighted by Gasteiger charge is -2.34. The van der Waals surface area contributed by atoms with Crippen LogP contribution in [0.2, 0.25) is 0 Å². The first-order chi connectivity index (χ1) is 15.6. The molecule has 0 fully saturated rings. The van der Waals surface area contributed by atoms with Gasteiger partial charge in [-0.05, 0) is 37.6 Å². The topological polar surface area (TPSA) is 78.1 Å². The van der Waals surface area contributed by atoms with Crippen molar-refractivity contribution in [2.75, 3.05) is 11.9 Å². The van der Waals surface area contributed by atoms with E-state index in [1.807, 2.05) is 0 Å². The lowest BCUT2D eigenvalue weighted by Crippen LogP contribution is -2.39. The number of hydrogen-bond acceptors (Lipinski definition) is 3. The summed E-state index contributed by atoms with van der Waals surface area (Å²) < 4.78 is 53.5. The Bertz CT molecular complexity index is 1260. The van der Waals surface area contributed by atoms with Crippen molar-refractivity contribution in [2.45, 2.75) is 32.4 Å². The van der Waals surface area contributed by atoms with Crippen LogP contribution in [0.4, 0.5) is 23.2 Å². The van der Waals surface area contributed by atoms with Crippen molar-refractivity contribution in [3.05, 3.63) is 70.8 Å². The first-order valence-corrected chi connectivity index (χ1v) is 10.2. The van der Waals surface area contributed by atoms with Crippen molar-refractivity contribution in [2.24, 2.45) is 0 Å². The van der Waals surface area contributed by atoms with E-state index in [4.69, 9.17) is 0 Å². The maximum atomic E-state index is 14.6. The van der Waals surface area contributed by atoms with Crippen molar-refractivity contribution in [1.29, 1.82) is 0 Å². The Morgan fingerprint density at radius 2 is 1.94 bits per heavy atom. The van der Waals surface area contributed by atoms with Crippen LogP contribution in [0.25, 0.3) is 10.9 Å². The number of carbonyl (C=O) groups excluding carboxylic acids is 2. The summed E-state index contributed by atoms with van der Waals surface area (Å²) in [6.45, 7) is 3.67. The number of aromatic amines is 1. The number of benzene rings is 2. The second-order valence-electron chi connectivity index (χ2n) is 7.76. The summed E-state index contributed by atoms with van der Waals surface area (Å²) in [5.74, 6) is -2.33. The number of nitrogens with one attached hydrogen (secondary N) is 2. The molecule has 33 heavy (non-hydrogen) atoms. The molecule has 2 heterocycles. The third kappa shape index (κ3) is 4.20. The van der Waals surface area contributed by atoms with Gasteiger partial charge in [0.1, 0.15) is 5.82 Å². The van der Waals surface area contributed by atoms with Gasteiger partial charge < -0.3 is 10.2 Å². The van der Waals surface area contributed by atoms with Crippen molar-refractivity contribution in [1.82, 2.24) is 15.1 Å². The van der Waals surface area contributed by atoms with Gasteiger partial charge in [0.2, 0.25) is 5.91 Å². The molecule has 1 aliphatic rings. The van der Waals surface area contributed by atoms with Crippen LogP contribution in [0.5, 0.6) is 0 Å². The fourth-order valence-corrected chi connectivity index (χ4v) is 4.15. The maximum Gasteiger partial charge on any atom is 0.416 e. The molecule has 0 radical (unpaired) electrons. The molecule has 1 aromatic heterocycles. The molecule has 1 atom stereocenters. The summed E-state index contributed by atoms with van der Waals surface area (Å²) in [6, 6.07) is 7.00. The molecule has 0 aliphatic carbocycles. The average molecular weight is 460 g/mol. The minimum Gasteiger partial charge on any atom is -0.320 e. The van der Waals surface area contributed by atoms with Gasteiger partial charge in [0.15, 0.2) is 0 Å². The zero-order valence-corrected chi connectivity index (χ0v) is 17.8. The van der Waals surface area contributed by atoms with Gasteiger partial charge in [0.05, 0.1) is 23.0 Å². The molecule has 0 bridgehead atoms. The molecule has 2 amide bonds. The van der Waals surface area contributed by atoms with Gasteiger partial charge in [-0.15, -0.1) is 0 Å². The molecule has 0 saturated heterocycles. The Morgan fingerprint density at radius 1 is 1.24 bits per heavy atom. The van der Waals surface area contributed by atoms with E-state index in [2.05, 4.69) is 15.5 Å². The van der Waals surface area contributed by atoms with E-state index in [0.717, 1.165) is 12.1 Å². The maximum absolute atomic E-state index is 14.6. The van der Waals surface area contributed by atoms with Gasteiger partial charge in [-0.3, -0.25) is 14.7 Å². The van der Waals surface area contributed by atoms with Crippen molar-refractivity contribution in [3.8, 4) is 0 Å². The molecular weight excluding hydrogens is 440 g/mol. The highest BCUT2D eigenvalue weighted by atomic mass is 19.4. The van der Waals surface area contributed by atoms with E-state index >= 15 is 0 Å². The Kier molecular flexibility index (Phi) is 5.69. The quantitative estimate of drug-likeness (QED) is 0.540. The smallest absolute Gasteiger partial charge is 0.320 e. The number of carbonyl (C=O) groups is 2. The molecule has 172 valence electrons. The van der Waals surface area contributed by atoms with E-state index in [1.54, 1.807) is 13.8 Å². The standard InChI is InChI=1S/C23H20F4N4O2/c1-3-31-12(2)21(22(33)29-19-8-14-11-28-30-18(14)10-17(19)24)16(9-20(31)32)13-4-6-15(7-5-13)23(25,26)27/h4-8,10-11,16H,3,9H2,1-2H3,(H,28,30)(H,29,33). The number of H-pyrrole nitrogens is 1. The van der Waals surface area contributed by atoms with Crippen LogP contribution in [-0.2, 0) is 15.8 Å². The number of halogens is 4. The van der Waals surface area contributed by atoms with Gasteiger partial charge in [0, 0.05) is 41.6 Å². The van der Waals surface area contributed by atoms with Gasteiger partial charge in [-0.25, -0.2) is 4.39 Å². The van der Waals surface area contributed by atoms with Crippen molar-refractivity contribution < 1.29 is 27.2 Å². The molecule has 10 heteroatoms. The van der Waals surface area contributed by atoms with Crippen LogP contribution in [-0.4, -0.2) is 33.5 Å². The summed E-state index contributed by atoms with van der Waals surface area (Å²) in [5.41, 5.74) is 0.529. The summed E-state index contributed by atoms with van der Waals surface area (Å²) >= 11 is 0. The second kappa shape index (κ2) is 8.34. The van der Waals surface area contributed by atoms with Gasteiger partial charge in [0.25, 0.3) is 5.91 Å². The Morgan fingerprint density at radius 3 is 2.58 bits per heavy atom. The molecule has 4 rings (SSSR count). The van der Waals surface area contributed by atoms with E-state index < -0.39 is 29.4 Å². The highest BCUT2D eigenvalue weighted by molar-refractivity contribution is 6.07. The first-order valence-electron chi connectivity index (χ1n) is 10.2. The largest absolute Gasteiger partial charge is 0.416 e. The number of aromatic nitrogens is 2. The first kappa shape index (κ1) is 22.5. The van der Waals surface area contributed by atoms with E-state index in [0.29, 0.717) is 28.7 Å². The van der Waals surface area contributed by atoms with Crippen LogP contribution in [0.1, 0.15) is 37.3 Å². The average Bonchev–Trinajstić information content (AvgIpc) is 3.20. The molecular formula is C23H20F4N4O2. The number of nitrogens with zero attached hydrogens (tertiary/aromatic N) is 2. The predicted molar refractivity (Wildman–Crippen MR) is 114 cm³/mol. The molecule has 2 aromatic carbocycles. The summed E-state index contributed by atoms with van der Waals surface area (Å²) in [5, 5.41) is 9.61. The van der Waals surface area contributed by atoms with E-state index in [1.165, 1.54) is 35.4 Å². The summed E-state index contributed by atoms with van der Waals surface area (Å²) in [4.78, 5) is 27.4. The van der Waals surface area contributed by atoms with E-state index in [-0.39, 0.29) is 23.6 Å². The van der Waals surface area contributed by atoms with Gasteiger partial charge in [-0.2, -0.15) is 18.3 Å². The lowest BCUT2D eigenvalue weighted by atomic mass is 9.83. The number of anilines is 1. The third-order valence-corrected chi connectivity index (χ3v) is 5.80. The van der Waals surface area contributed by atoms with Crippen molar-refractivity contribution in [3.63, 3.8) is 0 Å². The molecule has 3 aromatic rings. The highest BCUT2D eigenvalue weighted by Gasteiger charge is 2.36. The highest BCUT2D eigenvalue weighted by Crippen LogP contribution is 2.38. The van der Waals surface area contributed by atoms with Crippen LogP contribution in [0.15, 0.2) is 53.9 Å². The Hall–Kier alpha value is -3.69. The molecule has 1 unspecified atom stereocenters. The number of rotatable bonds is 4. The zero-order chi connectivity index (χ0) is 23.9. The summed E-state index contributed by atoms with van der Waals surface area (Å²) in [6.07, 6.45) is -3.12. The molecule has 1 aliphatic heterocycles. The lowest BCUT2D eigenvalue weighted by molar-refractivity contribution is -0.137. The predicted octanol–water partition coefficient (Wildman–Crippen LogP) is 4.97. The minimum absolute atomic E-state index is 0.0692. The van der Waals surface area contributed by atoms with Gasteiger partial charge in [-0.1, -0.05) is 12.1 Å². The Labute approximate surface area is 186 Å². The molecule has 6 nitrogen and oxygen atoms in total. The number of allylic oxidation sites excluding steroid dienone is 1. The zero-order valence-electron chi connectivity index (χ0n) is 17.8. The number of fused-ring (bicyclic) bond motifs is 1. The van der Waals surface area contributed by atoms with Gasteiger partial charge >= 0.3 is 6.18 Å². The fraction of sp³-hybridized carbons (Fsp3) is 0.261. The third-order valence-electron chi connectivity index (χ3n) is 5.80. The van der Waals surface area contributed by atoms with Crippen LogP contribution >= 0.6 is 0 Å². The molecule has 0 saturated carbocycles. The Balaban J connectivity index is 1.73. The van der Waals surface area contributed by atoms with Crippen LogP contribution < -0.4 is 5.32 Å². The number of alkyl halides is 3. The minimum atomic E-state index is -4.50. The van der Waals surface area contributed by atoms with Crippen LogP contribution in [0.3, 0.4) is 0 Å².